The van der Waals surface area contributed by atoms with E-state index in [0.717, 1.165) is 12.1 Å². The van der Waals surface area contributed by atoms with Gasteiger partial charge in [-0.1, -0.05) is 0 Å². The minimum Gasteiger partial charge on any atom is -0.465 e. The molecule has 0 saturated heterocycles. The maximum atomic E-state index is 12.9. The van der Waals surface area contributed by atoms with Gasteiger partial charge in [-0.15, -0.1) is 0 Å². The number of esters is 1. The van der Waals surface area contributed by atoms with Crippen molar-refractivity contribution in [1.29, 1.82) is 0 Å². The summed E-state index contributed by atoms with van der Waals surface area (Å²) in [5, 5.41) is 10.7. The number of ether oxygens (including phenoxy) is 1. The van der Waals surface area contributed by atoms with Gasteiger partial charge in [-0.05, 0) is 19.1 Å². The predicted molar refractivity (Wildman–Crippen MR) is 63.0 cm³/mol. The van der Waals surface area contributed by atoms with Crippen molar-refractivity contribution in [2.75, 3.05) is 6.61 Å². The van der Waals surface area contributed by atoms with Gasteiger partial charge in [-0.2, -0.15) is 0 Å². The van der Waals surface area contributed by atoms with Gasteiger partial charge in [0, 0.05) is 12.0 Å². The summed E-state index contributed by atoms with van der Waals surface area (Å²) >= 11 is 0. The van der Waals surface area contributed by atoms with Gasteiger partial charge in [0.1, 0.15) is 18.0 Å². The highest BCUT2D eigenvalue weighted by atomic mass is 19.1. The normalized spacial score (nSPS) is 10.0. The van der Waals surface area contributed by atoms with E-state index in [1.54, 1.807) is 0 Å². The highest BCUT2D eigenvalue weighted by molar-refractivity contribution is 5.94. The summed E-state index contributed by atoms with van der Waals surface area (Å²) in [6.07, 6.45) is -0.244. The maximum absolute atomic E-state index is 12.9. The predicted octanol–water partition coefficient (Wildman–Crippen LogP) is 1.80. The zero-order chi connectivity index (χ0) is 14.4. The molecule has 0 aliphatic heterocycles. The number of rotatable bonds is 6. The molecule has 0 N–H and O–H groups in total. The molecule has 7 heteroatoms. The summed E-state index contributed by atoms with van der Waals surface area (Å²) in [4.78, 5) is 31.7. The number of ketones is 1. The van der Waals surface area contributed by atoms with E-state index in [-0.39, 0.29) is 36.5 Å². The lowest BCUT2D eigenvalue weighted by molar-refractivity contribution is -0.385. The first-order valence-corrected chi connectivity index (χ1v) is 5.48. The molecule has 0 atom stereocenters. The van der Waals surface area contributed by atoms with E-state index in [1.165, 1.54) is 13.0 Å². The molecule has 0 bridgehead atoms. The van der Waals surface area contributed by atoms with E-state index in [4.69, 9.17) is 4.74 Å². The van der Waals surface area contributed by atoms with Gasteiger partial charge in [0.05, 0.1) is 17.6 Å². The molecule has 6 nitrogen and oxygen atoms in total. The van der Waals surface area contributed by atoms with Crippen LogP contribution in [0.15, 0.2) is 18.2 Å². The lowest BCUT2D eigenvalue weighted by atomic mass is 10.1. The Morgan fingerprint density at radius 1 is 1.42 bits per heavy atom. The van der Waals surface area contributed by atoms with E-state index in [0.29, 0.717) is 0 Å². The minimum absolute atomic E-state index is 0.0836. The molecule has 19 heavy (non-hydrogen) atoms. The summed E-state index contributed by atoms with van der Waals surface area (Å²) in [7, 11) is 0. The molecule has 0 heterocycles. The summed E-state index contributed by atoms with van der Waals surface area (Å²) in [6.45, 7) is 1.16. The van der Waals surface area contributed by atoms with E-state index in [9.17, 15) is 24.1 Å². The molecule has 1 rings (SSSR count). The van der Waals surface area contributed by atoms with Crippen LogP contribution in [0.5, 0.6) is 0 Å². The third kappa shape index (κ3) is 4.82. The van der Waals surface area contributed by atoms with Crippen LogP contribution in [0.4, 0.5) is 10.1 Å². The van der Waals surface area contributed by atoms with Gasteiger partial charge in [0.2, 0.25) is 0 Å². The van der Waals surface area contributed by atoms with Crippen molar-refractivity contribution in [2.24, 2.45) is 0 Å². The van der Waals surface area contributed by atoms with Gasteiger partial charge in [-0.3, -0.25) is 19.7 Å². The smallest absolute Gasteiger partial charge is 0.313 e. The van der Waals surface area contributed by atoms with E-state index < -0.39 is 16.7 Å². The van der Waals surface area contributed by atoms with Crippen molar-refractivity contribution in [3.8, 4) is 0 Å². The highest BCUT2D eigenvalue weighted by Crippen LogP contribution is 2.20. The first-order chi connectivity index (χ1) is 8.90. The van der Waals surface area contributed by atoms with Crippen LogP contribution < -0.4 is 0 Å². The average Bonchev–Trinajstić information content (AvgIpc) is 2.29. The van der Waals surface area contributed by atoms with Crippen molar-refractivity contribution in [1.82, 2.24) is 0 Å². The maximum Gasteiger partial charge on any atom is 0.313 e. The Labute approximate surface area is 108 Å². The number of halogens is 1. The standard InChI is InChI=1S/C12H12FNO5/c1-8(15)6-12(16)19-5-4-9-2-3-10(13)7-11(9)14(17)18/h2-3,7H,4-6H2,1H3. The number of Topliss-reactive ketones (excluding diaryl/α,β-unsaturated/α-hetero) is 1. The van der Waals surface area contributed by atoms with Crippen molar-refractivity contribution in [3.05, 3.63) is 39.7 Å². The van der Waals surface area contributed by atoms with Crippen molar-refractivity contribution in [2.45, 2.75) is 19.8 Å². The largest absolute Gasteiger partial charge is 0.465 e. The summed E-state index contributed by atoms with van der Waals surface area (Å²) in [6, 6.07) is 3.18. The Morgan fingerprint density at radius 3 is 2.68 bits per heavy atom. The van der Waals surface area contributed by atoms with E-state index in [1.807, 2.05) is 0 Å². The Hall–Kier alpha value is -2.31. The Balaban J connectivity index is 2.61. The number of nitro groups is 1. The van der Waals surface area contributed by atoms with Crippen LogP contribution >= 0.6 is 0 Å². The quantitative estimate of drug-likeness (QED) is 0.340. The molecular weight excluding hydrogens is 257 g/mol. The van der Waals surface area contributed by atoms with Crippen LogP contribution in [0.2, 0.25) is 0 Å². The molecule has 1 aromatic carbocycles. The van der Waals surface area contributed by atoms with Crippen LogP contribution in [-0.4, -0.2) is 23.3 Å². The number of carbonyl (C=O) groups is 2. The minimum atomic E-state index is -0.705. The number of nitro benzene ring substituents is 1. The molecule has 0 saturated carbocycles. The first-order valence-electron chi connectivity index (χ1n) is 5.48. The highest BCUT2D eigenvalue weighted by Gasteiger charge is 2.15. The fourth-order valence-corrected chi connectivity index (χ4v) is 1.45. The second-order valence-corrected chi connectivity index (χ2v) is 3.88. The molecule has 0 unspecified atom stereocenters. The number of hydrogen-bond donors (Lipinski definition) is 0. The molecule has 0 radical (unpaired) electrons. The first kappa shape index (κ1) is 14.7. The second kappa shape index (κ2) is 6.58. The molecule has 0 aliphatic carbocycles. The zero-order valence-electron chi connectivity index (χ0n) is 10.2. The van der Waals surface area contributed by atoms with Gasteiger partial charge >= 0.3 is 5.97 Å². The number of nitrogens with zero attached hydrogens (tertiary/aromatic N) is 1. The van der Waals surface area contributed by atoms with Crippen molar-refractivity contribution < 1.29 is 23.6 Å². The molecule has 0 amide bonds. The molecule has 0 fully saturated rings. The zero-order valence-corrected chi connectivity index (χ0v) is 10.2. The van der Waals surface area contributed by atoms with E-state index in [2.05, 4.69) is 0 Å². The monoisotopic (exact) mass is 269 g/mol. The summed E-state index contributed by atoms with van der Waals surface area (Å²) in [5.74, 6) is -1.71. The van der Waals surface area contributed by atoms with Gasteiger partial charge in [0.25, 0.3) is 5.69 Å². The van der Waals surface area contributed by atoms with Gasteiger partial charge in [0.15, 0.2) is 0 Å². The van der Waals surface area contributed by atoms with Crippen molar-refractivity contribution >= 4 is 17.4 Å². The fraction of sp³-hybridized carbons (Fsp3) is 0.333. The molecule has 0 spiro atoms. The summed E-state index contributed by atoms with van der Waals surface area (Å²) < 4.78 is 17.6. The Kier molecular flexibility index (Phi) is 5.11. The third-order valence-corrected chi connectivity index (χ3v) is 2.27. The lowest BCUT2D eigenvalue weighted by Crippen LogP contribution is -2.11. The number of hydrogen-bond acceptors (Lipinski definition) is 5. The summed E-state index contributed by atoms with van der Waals surface area (Å²) in [5.41, 5.74) is -0.0929. The van der Waals surface area contributed by atoms with Crippen LogP contribution in [0, 0.1) is 15.9 Å². The average molecular weight is 269 g/mol. The Morgan fingerprint density at radius 2 is 2.11 bits per heavy atom. The third-order valence-electron chi connectivity index (χ3n) is 2.27. The van der Waals surface area contributed by atoms with Gasteiger partial charge < -0.3 is 4.74 Å². The number of benzene rings is 1. The number of carbonyl (C=O) groups excluding carboxylic acids is 2. The second-order valence-electron chi connectivity index (χ2n) is 3.88. The van der Waals surface area contributed by atoms with Crippen LogP contribution in [0.25, 0.3) is 0 Å². The molecular formula is C12H12FNO5. The van der Waals surface area contributed by atoms with Crippen LogP contribution in [0.3, 0.4) is 0 Å². The molecule has 0 aromatic heterocycles. The topological polar surface area (TPSA) is 86.5 Å². The SMILES string of the molecule is CC(=O)CC(=O)OCCc1ccc(F)cc1[N+](=O)[O-]. The fourth-order valence-electron chi connectivity index (χ4n) is 1.45. The molecule has 0 aliphatic rings. The molecule has 1 aromatic rings. The van der Waals surface area contributed by atoms with Gasteiger partial charge in [-0.25, -0.2) is 4.39 Å². The van der Waals surface area contributed by atoms with Crippen LogP contribution in [-0.2, 0) is 20.7 Å². The van der Waals surface area contributed by atoms with Crippen molar-refractivity contribution in [3.63, 3.8) is 0 Å². The van der Waals surface area contributed by atoms with E-state index >= 15 is 0 Å². The Bertz CT molecular complexity index is 515. The lowest BCUT2D eigenvalue weighted by Gasteiger charge is -2.04. The molecule has 102 valence electrons. The van der Waals surface area contributed by atoms with Crippen LogP contribution in [0.1, 0.15) is 18.9 Å².